The highest BCUT2D eigenvalue weighted by atomic mass is 16.5. The Hall–Kier alpha value is -16.7. The lowest BCUT2D eigenvalue weighted by Crippen LogP contribution is -2.55. The van der Waals surface area contributed by atoms with E-state index in [1.165, 1.54) is 0 Å². The number of ketones is 2. The first-order valence-electron chi connectivity index (χ1n) is 47.1. The first-order chi connectivity index (χ1) is 67.9. The standard InChI is InChI=1S/C120H106N6O14/c1-75(2)99(127)43-27-41-79-45-53-89(54-46-79)137-101-67-93-105-94(116(132)125(115(93)131)97(65-83-29-15-9-16-30-83)119(135)123(71-85-33-19-11-20-34-85)72-86-35-21-12-22-36-86)68-102(138-90-55-47-80(48-56-90)42-28-44-100(128)76(3)4)108-110-104(140-92-59-51-82(52-60-92)62-64-122-114(130)78(7)8)70-96-106-95(69-103(109(112(106)110)107(101)111(105)108)139-91-57-49-81(50-58-91)61-63-121-113(129)77(5)6)117(133)126(118(96)134)98(66-84-31-17-10-18-32-84)120(136)124(73-87-37-23-13-24-38-87)74-88-39-25-14-26-40-88/h9-26,29-40,45-60,67-70,97-98H,1,3,5,7,27-28,41-44,61-66,71-74H2,2,4,6,8H3,(H,121,129)(H,122,130). The van der Waals surface area contributed by atoms with E-state index in [9.17, 15) is 19.2 Å². The van der Waals surface area contributed by atoms with Gasteiger partial charge in [-0.1, -0.05) is 257 Å². The Kier molecular flexibility index (Phi) is 29.0. The number of carbonyl (C=O) groups excluding carboxylic acids is 10. The molecule has 2 aliphatic heterocycles. The van der Waals surface area contributed by atoms with E-state index < -0.39 is 47.5 Å². The van der Waals surface area contributed by atoms with Gasteiger partial charge in [0.1, 0.15) is 58.1 Å². The van der Waals surface area contributed by atoms with Gasteiger partial charge in [-0.25, -0.2) is 0 Å². The van der Waals surface area contributed by atoms with Gasteiger partial charge in [0.25, 0.3) is 23.6 Å². The Morgan fingerprint density at radius 1 is 0.286 bits per heavy atom. The van der Waals surface area contributed by atoms with Crippen molar-refractivity contribution in [1.82, 2.24) is 30.2 Å². The van der Waals surface area contributed by atoms with Gasteiger partial charge < -0.3 is 39.4 Å². The highest BCUT2D eigenvalue weighted by Gasteiger charge is 2.48. The molecule has 8 amide bonds. The number of imide groups is 2. The zero-order valence-electron chi connectivity index (χ0n) is 78.7. The van der Waals surface area contributed by atoms with Gasteiger partial charge >= 0.3 is 0 Å². The van der Waals surface area contributed by atoms with E-state index in [-0.39, 0.29) is 200 Å². The van der Waals surface area contributed by atoms with Crippen LogP contribution in [0.1, 0.15) is 150 Å². The highest BCUT2D eigenvalue weighted by molar-refractivity contribution is 6.45. The summed E-state index contributed by atoms with van der Waals surface area (Å²) in [7, 11) is 0. The lowest BCUT2D eigenvalue weighted by molar-refractivity contribution is -0.137. The molecule has 140 heavy (non-hydrogen) atoms. The van der Waals surface area contributed by atoms with E-state index in [1.54, 1.807) is 110 Å². The number of fused-ring (bicyclic) bond motifs is 2. The van der Waals surface area contributed by atoms with E-state index in [2.05, 4.69) is 36.9 Å². The molecule has 0 radical (unpaired) electrons. The molecule has 20 nitrogen and oxygen atoms in total. The molecule has 0 saturated heterocycles. The lowest BCUT2D eigenvalue weighted by atomic mass is 9.80. The van der Waals surface area contributed by atoms with Crippen molar-refractivity contribution < 1.29 is 66.9 Å². The van der Waals surface area contributed by atoms with Crippen LogP contribution in [0.15, 0.2) is 352 Å². The van der Waals surface area contributed by atoms with Crippen LogP contribution in [-0.4, -0.2) is 104 Å². The summed E-state index contributed by atoms with van der Waals surface area (Å²) in [5.74, 6) is -4.39. The van der Waals surface area contributed by atoms with Crippen molar-refractivity contribution in [1.29, 1.82) is 0 Å². The Balaban J connectivity index is 0.974. The third kappa shape index (κ3) is 21.3. The van der Waals surface area contributed by atoms with Crippen LogP contribution in [-0.2, 0) is 93.5 Å². The fourth-order valence-electron chi connectivity index (χ4n) is 18.4. The largest absolute Gasteiger partial charge is 0.457 e. The maximum Gasteiger partial charge on any atom is 0.262 e. The van der Waals surface area contributed by atoms with Gasteiger partial charge in [-0.3, -0.25) is 57.7 Å². The van der Waals surface area contributed by atoms with Crippen molar-refractivity contribution in [3.63, 3.8) is 0 Å². The van der Waals surface area contributed by atoms with Gasteiger partial charge in [0.2, 0.25) is 23.6 Å². The molecule has 0 saturated carbocycles. The van der Waals surface area contributed by atoms with Crippen LogP contribution in [0.2, 0.25) is 0 Å². The average Bonchev–Trinajstić information content (AvgIpc) is 0.668. The SMILES string of the molecule is C=C(C)C(=O)CCCc1ccc(Oc2cc3c4c(cc(Oc5ccc(CCCC(=O)C(=C)C)cc5)c5c6c(Oc7ccc(CCNC(=O)C(=C)C)cc7)cc7c8c(cc(Oc9ccc(CCNC(=O)C(=C)C)cc9)c(c2c45)c86)C(=O)N(C(Cc2ccccc2)C(=O)N(Cc2ccccc2)Cc2ccccc2)C7=O)C(=O)N(C(Cc2ccccc2)C(=O)N(Cc2ccccc2)Cc2ccccc2)C3=O)cc1. The summed E-state index contributed by atoms with van der Waals surface area (Å²) >= 11 is 0. The fourth-order valence-corrected chi connectivity index (χ4v) is 18.4. The van der Waals surface area contributed by atoms with Gasteiger partial charge in [0.15, 0.2) is 11.6 Å². The molecule has 0 aromatic heterocycles. The predicted molar refractivity (Wildman–Crippen MR) is 545 cm³/mol. The first-order valence-corrected chi connectivity index (χ1v) is 47.1. The zero-order valence-corrected chi connectivity index (χ0v) is 78.7. The van der Waals surface area contributed by atoms with Crippen LogP contribution in [0, 0.1) is 0 Å². The molecule has 2 aliphatic rings. The summed E-state index contributed by atoms with van der Waals surface area (Å²) in [6, 6.07) is 88.6. The molecule has 2 N–H and O–H groups in total. The number of allylic oxidation sites excluding steroid dienone is 2. The number of nitrogens with zero attached hydrogens (tertiary/aromatic N) is 4. The van der Waals surface area contributed by atoms with Crippen molar-refractivity contribution in [2.24, 2.45) is 0 Å². The van der Waals surface area contributed by atoms with Crippen LogP contribution >= 0.6 is 0 Å². The van der Waals surface area contributed by atoms with Crippen molar-refractivity contribution in [3.05, 3.63) is 430 Å². The molecule has 17 rings (SSSR count). The van der Waals surface area contributed by atoms with Gasteiger partial charge in [-0.15, -0.1) is 0 Å². The van der Waals surface area contributed by atoms with Crippen LogP contribution in [0.3, 0.4) is 0 Å². The quantitative estimate of drug-likeness (QED) is 0.0156. The van der Waals surface area contributed by atoms with E-state index in [0.717, 1.165) is 54.3 Å². The molecule has 15 aromatic rings. The van der Waals surface area contributed by atoms with Crippen LogP contribution in [0.25, 0.3) is 43.1 Å². The number of amides is 8. The predicted octanol–water partition coefficient (Wildman–Crippen LogP) is 23.2. The Morgan fingerprint density at radius 3 is 0.757 bits per heavy atom. The minimum Gasteiger partial charge on any atom is -0.457 e. The zero-order chi connectivity index (χ0) is 97.8. The minimum absolute atomic E-state index is 0.0177. The Labute approximate surface area is 813 Å². The molecule has 700 valence electrons. The Bertz CT molecular complexity index is 6520. The number of rotatable bonds is 42. The van der Waals surface area contributed by atoms with E-state index in [1.807, 2.05) is 231 Å². The number of hydrogen-bond acceptors (Lipinski definition) is 14. The van der Waals surface area contributed by atoms with Crippen LogP contribution < -0.4 is 29.6 Å². The number of aryl methyl sites for hydroxylation is 2. The molecular formula is C120H106N6O14. The summed E-state index contributed by atoms with van der Waals surface area (Å²) in [4.78, 5) is 161. The summed E-state index contributed by atoms with van der Waals surface area (Å²) < 4.78 is 30.2. The molecule has 15 aromatic carbocycles. The highest BCUT2D eigenvalue weighted by Crippen LogP contribution is 2.59. The van der Waals surface area contributed by atoms with Crippen molar-refractivity contribution in [2.45, 2.75) is 130 Å². The van der Waals surface area contributed by atoms with Crippen LogP contribution in [0.5, 0.6) is 46.0 Å². The Morgan fingerprint density at radius 2 is 0.521 bits per heavy atom. The number of Topliss-reactive ketones (excluding diaryl/α,β-unsaturated/α-hetero) is 2. The van der Waals surface area contributed by atoms with Gasteiger partial charge in [-0.05, 0) is 206 Å². The molecule has 0 spiro atoms. The summed E-state index contributed by atoms with van der Waals surface area (Å²) in [5, 5.41) is 7.08. The number of nitrogens with one attached hydrogen (secondary N) is 2. The second-order valence-electron chi connectivity index (χ2n) is 36.1. The maximum absolute atomic E-state index is 17.4. The third-order valence-electron chi connectivity index (χ3n) is 25.7. The molecule has 0 fully saturated rings. The molecule has 0 aliphatic carbocycles. The maximum atomic E-state index is 17.4. The summed E-state index contributed by atoms with van der Waals surface area (Å²) in [5.41, 5.74) is 9.04. The minimum atomic E-state index is -1.55. The van der Waals surface area contributed by atoms with Crippen LogP contribution in [0.4, 0.5) is 0 Å². The lowest BCUT2D eigenvalue weighted by Gasteiger charge is -2.38. The molecule has 20 heteroatoms. The topological polar surface area (TPSA) is 245 Å². The number of carbonyl (C=O) groups is 10. The van der Waals surface area contributed by atoms with Crippen molar-refractivity contribution in [2.75, 3.05) is 13.1 Å². The molecular weight excluding hydrogens is 1750 g/mol. The monoisotopic (exact) mass is 1850 g/mol. The second-order valence-corrected chi connectivity index (χ2v) is 36.1. The summed E-state index contributed by atoms with van der Waals surface area (Å²) in [6.07, 6.45) is 3.07. The normalized spacial score (nSPS) is 12.6. The van der Waals surface area contributed by atoms with E-state index in [4.69, 9.17) is 18.9 Å². The molecule has 2 atom stereocenters. The van der Waals surface area contributed by atoms with E-state index >= 15 is 28.8 Å². The van der Waals surface area contributed by atoms with Crippen molar-refractivity contribution in [3.8, 4) is 46.0 Å². The van der Waals surface area contributed by atoms with Crippen molar-refractivity contribution >= 4 is 102 Å². The number of benzene rings is 15. The van der Waals surface area contributed by atoms with Gasteiger partial charge in [0.05, 0.1) is 22.3 Å². The number of ether oxygens (including phenoxy) is 4. The fraction of sp³-hybridized carbons (Fsp3) is 0.183. The van der Waals surface area contributed by atoms with Gasteiger partial charge in [-0.2, -0.15) is 0 Å². The second kappa shape index (κ2) is 42.7. The molecule has 0 bridgehead atoms. The van der Waals surface area contributed by atoms with E-state index in [0.29, 0.717) is 71.9 Å². The molecule has 2 heterocycles. The first kappa shape index (κ1) is 95.0. The molecule has 2 unspecified atom stereocenters. The number of hydrogen-bond donors (Lipinski definition) is 2. The van der Waals surface area contributed by atoms with Gasteiger partial charge in [0, 0.05) is 119 Å². The average molecular weight is 1860 g/mol. The summed E-state index contributed by atoms with van der Waals surface area (Å²) in [6.45, 7) is 22.9. The smallest absolute Gasteiger partial charge is 0.262 e. The third-order valence-corrected chi connectivity index (χ3v) is 25.7.